The average Bonchev–Trinajstić information content (AvgIpc) is 2.33. The first-order valence-corrected chi connectivity index (χ1v) is 7.79. The van der Waals surface area contributed by atoms with E-state index in [0.717, 1.165) is 0 Å². The third kappa shape index (κ3) is 4.05. The lowest BCUT2D eigenvalue weighted by molar-refractivity contribution is -0.0493. The normalized spacial score (nSPS) is 19.3. The second kappa shape index (κ2) is 5.73. The summed E-state index contributed by atoms with van der Waals surface area (Å²) in [5, 5.41) is 3.07. The molecule has 0 amide bonds. The number of alkyl halides is 2. The zero-order chi connectivity index (χ0) is 13.9. The topological polar surface area (TPSA) is 55.4 Å². The first kappa shape index (κ1) is 14.0. The highest BCUT2D eigenvalue weighted by Crippen LogP contribution is 2.28. The van der Waals surface area contributed by atoms with Crippen LogP contribution in [0.4, 0.5) is 14.5 Å². The van der Waals surface area contributed by atoms with Gasteiger partial charge in [0.05, 0.1) is 17.2 Å². The van der Waals surface area contributed by atoms with Crippen molar-refractivity contribution in [2.24, 2.45) is 0 Å². The Bertz CT molecular complexity index is 520. The van der Waals surface area contributed by atoms with Gasteiger partial charge < -0.3 is 10.1 Å². The molecule has 0 unspecified atom stereocenters. The fraction of sp³-hybridized carbons (Fsp3) is 0.500. The molecule has 1 aliphatic rings. The molecule has 7 heteroatoms. The first-order chi connectivity index (χ1) is 8.96. The van der Waals surface area contributed by atoms with Crippen LogP contribution in [0.15, 0.2) is 24.3 Å². The van der Waals surface area contributed by atoms with E-state index in [2.05, 4.69) is 10.1 Å². The Hall–Kier alpha value is -1.37. The molecule has 0 atom stereocenters. The summed E-state index contributed by atoms with van der Waals surface area (Å²) in [6.45, 7) is -2.88. The Labute approximate surface area is 110 Å². The molecule has 1 fully saturated rings. The Morgan fingerprint density at radius 1 is 1.21 bits per heavy atom. The van der Waals surface area contributed by atoms with Crippen LogP contribution in [0.1, 0.15) is 12.8 Å². The number of hydrogen-bond acceptors (Lipinski definition) is 4. The van der Waals surface area contributed by atoms with Gasteiger partial charge in [-0.25, -0.2) is 8.42 Å². The highest BCUT2D eigenvalue weighted by atomic mass is 32.2. The monoisotopic (exact) mass is 291 g/mol. The third-order valence-electron chi connectivity index (χ3n) is 3.02. The lowest BCUT2D eigenvalue weighted by Crippen LogP contribution is -2.32. The number of ether oxygens (including phenoxy) is 1. The maximum atomic E-state index is 12.3. The van der Waals surface area contributed by atoms with Crippen LogP contribution in [0.25, 0.3) is 0 Å². The van der Waals surface area contributed by atoms with Crippen molar-refractivity contribution in [3.63, 3.8) is 0 Å². The van der Waals surface area contributed by atoms with Gasteiger partial charge in [0.2, 0.25) is 0 Å². The fourth-order valence-corrected chi connectivity index (χ4v) is 3.53. The van der Waals surface area contributed by atoms with Gasteiger partial charge in [-0.3, -0.25) is 0 Å². The van der Waals surface area contributed by atoms with E-state index in [1.807, 2.05) is 0 Å². The Kier molecular flexibility index (Phi) is 4.24. The van der Waals surface area contributed by atoms with Crippen LogP contribution >= 0.6 is 0 Å². The number of anilines is 1. The van der Waals surface area contributed by atoms with E-state index in [9.17, 15) is 17.2 Å². The Morgan fingerprint density at radius 3 is 2.47 bits per heavy atom. The predicted molar refractivity (Wildman–Crippen MR) is 68.4 cm³/mol. The molecular formula is C12H15F2NO3S. The zero-order valence-electron chi connectivity index (χ0n) is 10.2. The molecule has 0 spiro atoms. The molecule has 106 valence electrons. The van der Waals surface area contributed by atoms with Crippen LogP contribution in [-0.2, 0) is 9.84 Å². The average molecular weight is 291 g/mol. The number of sulfone groups is 1. The highest BCUT2D eigenvalue weighted by molar-refractivity contribution is 7.91. The van der Waals surface area contributed by atoms with Crippen molar-refractivity contribution in [3.8, 4) is 5.75 Å². The van der Waals surface area contributed by atoms with Crippen LogP contribution in [0.5, 0.6) is 5.75 Å². The van der Waals surface area contributed by atoms with Gasteiger partial charge in [0.25, 0.3) is 0 Å². The molecule has 0 aromatic heterocycles. The van der Waals surface area contributed by atoms with Crippen LogP contribution in [-0.4, -0.2) is 32.6 Å². The van der Waals surface area contributed by atoms with Crippen molar-refractivity contribution in [2.45, 2.75) is 25.5 Å². The molecule has 1 heterocycles. The van der Waals surface area contributed by atoms with Crippen LogP contribution < -0.4 is 10.1 Å². The lowest BCUT2D eigenvalue weighted by atomic mass is 10.1. The van der Waals surface area contributed by atoms with E-state index in [1.54, 1.807) is 18.2 Å². The van der Waals surface area contributed by atoms with Gasteiger partial charge in [-0.1, -0.05) is 12.1 Å². The molecule has 1 aliphatic heterocycles. The van der Waals surface area contributed by atoms with Gasteiger partial charge in [-0.2, -0.15) is 8.78 Å². The summed E-state index contributed by atoms with van der Waals surface area (Å²) in [7, 11) is -2.93. The molecule has 0 radical (unpaired) electrons. The molecule has 1 N–H and O–H groups in total. The molecule has 19 heavy (non-hydrogen) atoms. The zero-order valence-corrected chi connectivity index (χ0v) is 11.0. The third-order valence-corrected chi connectivity index (χ3v) is 4.73. The summed E-state index contributed by atoms with van der Waals surface area (Å²) < 4.78 is 51.5. The Balaban J connectivity index is 2.03. The number of hydrogen-bond donors (Lipinski definition) is 1. The highest BCUT2D eigenvalue weighted by Gasteiger charge is 2.24. The molecule has 1 saturated heterocycles. The van der Waals surface area contributed by atoms with Gasteiger partial charge >= 0.3 is 6.61 Å². The standard InChI is InChI=1S/C12H15F2NO3S/c13-12(14)18-11-4-2-1-3-10(11)15-9-5-7-19(16,17)8-6-9/h1-4,9,12,15H,5-8H2. The minimum Gasteiger partial charge on any atom is -0.433 e. The van der Waals surface area contributed by atoms with E-state index >= 15 is 0 Å². The molecule has 1 aromatic carbocycles. The van der Waals surface area contributed by atoms with Crippen LogP contribution in [0.2, 0.25) is 0 Å². The number of halogens is 2. The van der Waals surface area contributed by atoms with E-state index < -0.39 is 16.4 Å². The minimum absolute atomic E-state index is 0.0362. The second-order valence-electron chi connectivity index (χ2n) is 4.45. The summed E-state index contributed by atoms with van der Waals surface area (Å²) in [4.78, 5) is 0. The van der Waals surface area contributed by atoms with Gasteiger partial charge in [0.15, 0.2) is 0 Å². The number of rotatable bonds is 4. The lowest BCUT2D eigenvalue weighted by Gasteiger charge is -2.25. The maximum absolute atomic E-state index is 12.3. The van der Waals surface area contributed by atoms with Gasteiger partial charge in [-0.15, -0.1) is 0 Å². The predicted octanol–water partition coefficient (Wildman–Crippen LogP) is 2.28. The summed E-state index contributed by atoms with van der Waals surface area (Å²) in [6, 6.07) is 6.37. The van der Waals surface area contributed by atoms with Gasteiger partial charge in [0, 0.05) is 6.04 Å². The van der Waals surface area contributed by atoms with E-state index in [0.29, 0.717) is 18.5 Å². The summed E-state index contributed by atoms with van der Waals surface area (Å²) >= 11 is 0. The maximum Gasteiger partial charge on any atom is 0.387 e. The summed E-state index contributed by atoms with van der Waals surface area (Å²) in [6.07, 6.45) is 0.955. The number of para-hydroxylation sites is 2. The van der Waals surface area contributed by atoms with E-state index in [4.69, 9.17) is 0 Å². The minimum atomic E-state index is -2.93. The molecule has 2 rings (SSSR count). The van der Waals surface area contributed by atoms with Crippen molar-refractivity contribution < 1.29 is 21.9 Å². The molecule has 0 aliphatic carbocycles. The SMILES string of the molecule is O=S1(=O)CCC(Nc2ccccc2OC(F)F)CC1. The summed E-state index contributed by atoms with van der Waals surface area (Å²) in [5.74, 6) is 0.330. The van der Waals surface area contributed by atoms with Gasteiger partial charge in [-0.05, 0) is 25.0 Å². The molecule has 0 saturated carbocycles. The molecular weight excluding hydrogens is 276 g/mol. The van der Waals surface area contributed by atoms with Crippen LogP contribution in [0, 0.1) is 0 Å². The van der Waals surface area contributed by atoms with Crippen molar-refractivity contribution >= 4 is 15.5 Å². The summed E-state index contributed by atoms with van der Waals surface area (Å²) in [5.41, 5.74) is 0.465. The number of benzene rings is 1. The molecule has 0 bridgehead atoms. The quantitative estimate of drug-likeness (QED) is 0.924. The van der Waals surface area contributed by atoms with Crippen molar-refractivity contribution in [1.29, 1.82) is 0 Å². The van der Waals surface area contributed by atoms with Crippen LogP contribution in [0.3, 0.4) is 0 Å². The first-order valence-electron chi connectivity index (χ1n) is 5.97. The number of nitrogens with one attached hydrogen (secondary N) is 1. The van der Waals surface area contributed by atoms with Crippen molar-refractivity contribution in [1.82, 2.24) is 0 Å². The van der Waals surface area contributed by atoms with Crippen molar-refractivity contribution in [2.75, 3.05) is 16.8 Å². The fourth-order valence-electron chi connectivity index (χ4n) is 2.04. The van der Waals surface area contributed by atoms with Gasteiger partial charge in [0.1, 0.15) is 15.6 Å². The van der Waals surface area contributed by atoms with Crippen molar-refractivity contribution in [3.05, 3.63) is 24.3 Å². The van der Waals surface area contributed by atoms with E-state index in [-0.39, 0.29) is 23.3 Å². The largest absolute Gasteiger partial charge is 0.433 e. The Morgan fingerprint density at radius 2 is 1.84 bits per heavy atom. The molecule has 4 nitrogen and oxygen atoms in total. The molecule has 1 aromatic rings. The van der Waals surface area contributed by atoms with E-state index in [1.165, 1.54) is 6.07 Å². The smallest absolute Gasteiger partial charge is 0.387 e. The second-order valence-corrected chi connectivity index (χ2v) is 6.75.